The highest BCUT2D eigenvalue weighted by atomic mass is 16.5. The fourth-order valence-corrected chi connectivity index (χ4v) is 1.35. The molecule has 0 fully saturated rings. The van der Waals surface area contributed by atoms with Gasteiger partial charge in [-0.05, 0) is 36.2 Å². The van der Waals surface area contributed by atoms with Gasteiger partial charge in [0.15, 0.2) is 0 Å². The number of aromatic hydroxyl groups is 1. The Labute approximate surface area is 99.3 Å². The van der Waals surface area contributed by atoms with Crippen LogP contribution in [0.15, 0.2) is 48.5 Å². The zero-order valence-corrected chi connectivity index (χ0v) is 8.68. The van der Waals surface area contributed by atoms with Gasteiger partial charge in [0, 0.05) is 4.11 Å². The molecular formula is C14H14O2. The average Bonchev–Trinajstić information content (AvgIpc) is 2.37. The highest BCUT2D eigenvalue weighted by Crippen LogP contribution is 2.22. The fourth-order valence-electron chi connectivity index (χ4n) is 1.35. The van der Waals surface area contributed by atoms with Crippen molar-refractivity contribution in [1.29, 1.82) is 0 Å². The van der Waals surface area contributed by atoms with Crippen LogP contribution in [0.4, 0.5) is 0 Å². The molecule has 2 nitrogen and oxygen atoms in total. The Morgan fingerprint density at radius 1 is 1.19 bits per heavy atom. The fraction of sp³-hybridized carbons (Fsp3) is 0.143. The van der Waals surface area contributed by atoms with Gasteiger partial charge in [-0.15, -0.1) is 0 Å². The van der Waals surface area contributed by atoms with E-state index < -0.39 is 6.85 Å². The van der Waals surface area contributed by atoms with Crippen LogP contribution in [0.3, 0.4) is 0 Å². The quantitative estimate of drug-likeness (QED) is 0.855. The van der Waals surface area contributed by atoms with Crippen LogP contribution in [0.2, 0.25) is 0 Å². The van der Waals surface area contributed by atoms with E-state index in [9.17, 15) is 5.11 Å². The average molecular weight is 217 g/mol. The van der Waals surface area contributed by atoms with Crippen LogP contribution in [0.25, 0.3) is 0 Å². The number of phenolic OH excluding ortho intramolecular Hbond substituents is 1. The van der Waals surface area contributed by atoms with E-state index in [4.69, 9.17) is 8.85 Å². The second kappa shape index (κ2) is 4.71. The summed E-state index contributed by atoms with van der Waals surface area (Å²) in [6, 6.07) is 13.8. The molecule has 0 aliphatic carbocycles. The van der Waals surface area contributed by atoms with Gasteiger partial charge in [0.1, 0.15) is 18.1 Å². The summed E-state index contributed by atoms with van der Waals surface area (Å²) in [5.41, 5.74) is 0.893. The summed E-state index contributed by atoms with van der Waals surface area (Å²) in [6.45, 7) is -2.00. The van der Waals surface area contributed by atoms with E-state index in [0.29, 0.717) is 12.4 Å². The Morgan fingerprint density at radius 3 is 2.75 bits per heavy atom. The Hall–Kier alpha value is -1.96. The number of aryl methyl sites for hydroxylation is 1. The maximum atomic E-state index is 9.54. The summed E-state index contributed by atoms with van der Waals surface area (Å²) in [4.78, 5) is 0. The predicted octanol–water partition coefficient (Wildman–Crippen LogP) is 3.28. The summed E-state index contributed by atoms with van der Waals surface area (Å²) in [7, 11) is 0. The zero-order chi connectivity index (χ0) is 13.9. The molecule has 2 aromatic carbocycles. The van der Waals surface area contributed by atoms with Crippen molar-refractivity contribution < 1.29 is 14.0 Å². The normalized spacial score (nSPS) is 13.6. The van der Waals surface area contributed by atoms with Crippen molar-refractivity contribution >= 4 is 0 Å². The number of hydrogen-bond donors (Lipinski definition) is 1. The van der Waals surface area contributed by atoms with Crippen LogP contribution in [0.5, 0.6) is 11.5 Å². The van der Waals surface area contributed by atoms with Crippen LogP contribution in [0.1, 0.15) is 15.2 Å². The van der Waals surface area contributed by atoms with Crippen molar-refractivity contribution in [2.45, 2.75) is 13.5 Å². The summed E-state index contributed by atoms with van der Waals surface area (Å²) < 4.78 is 27.5. The topological polar surface area (TPSA) is 29.5 Å². The lowest BCUT2D eigenvalue weighted by Gasteiger charge is -2.07. The third-order valence-corrected chi connectivity index (χ3v) is 2.22. The van der Waals surface area contributed by atoms with Crippen molar-refractivity contribution in [2.24, 2.45) is 0 Å². The largest absolute Gasteiger partial charge is 0.508 e. The smallest absolute Gasteiger partial charge is 0.120 e. The van der Waals surface area contributed by atoms with Gasteiger partial charge in [0.2, 0.25) is 0 Å². The van der Waals surface area contributed by atoms with Gasteiger partial charge in [-0.1, -0.05) is 30.3 Å². The zero-order valence-electron chi connectivity index (χ0n) is 11.7. The molecule has 82 valence electrons. The molecular weight excluding hydrogens is 200 g/mol. The molecule has 1 N–H and O–H groups in total. The first kappa shape index (κ1) is 7.34. The van der Waals surface area contributed by atoms with Crippen LogP contribution in [-0.4, -0.2) is 5.11 Å². The van der Waals surface area contributed by atoms with Gasteiger partial charge < -0.3 is 9.84 Å². The Balaban J connectivity index is 2.14. The molecule has 0 saturated carbocycles. The molecule has 0 radical (unpaired) electrons. The lowest BCUT2D eigenvalue weighted by molar-refractivity contribution is 0.305. The summed E-state index contributed by atoms with van der Waals surface area (Å²) in [6.07, 6.45) is 0. The molecule has 0 saturated heterocycles. The molecule has 0 spiro atoms. The van der Waals surface area contributed by atoms with Crippen molar-refractivity contribution in [3.63, 3.8) is 0 Å². The Morgan fingerprint density at radius 2 is 2.00 bits per heavy atom. The van der Waals surface area contributed by atoms with Gasteiger partial charge in [0.25, 0.3) is 0 Å². The van der Waals surface area contributed by atoms with Gasteiger partial charge in [-0.25, -0.2) is 0 Å². The first-order valence-corrected chi connectivity index (χ1v) is 4.97. The summed E-state index contributed by atoms with van der Waals surface area (Å²) in [5, 5.41) is 9.54. The predicted molar refractivity (Wildman–Crippen MR) is 63.6 cm³/mol. The molecule has 0 bridgehead atoms. The van der Waals surface area contributed by atoms with E-state index in [1.165, 1.54) is 12.1 Å². The molecule has 0 aromatic heterocycles. The first-order valence-electron chi connectivity index (χ1n) is 6.47. The van der Waals surface area contributed by atoms with E-state index in [0.717, 1.165) is 5.56 Å². The van der Waals surface area contributed by atoms with Crippen molar-refractivity contribution in [2.75, 3.05) is 0 Å². The van der Waals surface area contributed by atoms with Crippen LogP contribution >= 0.6 is 0 Å². The Kier molecular flexibility index (Phi) is 2.16. The molecule has 0 heterocycles. The van der Waals surface area contributed by atoms with Crippen LogP contribution in [-0.2, 0) is 6.61 Å². The van der Waals surface area contributed by atoms with Crippen molar-refractivity contribution in [3.05, 3.63) is 59.7 Å². The summed E-state index contributed by atoms with van der Waals surface area (Å²) >= 11 is 0. The minimum atomic E-state index is -2.35. The van der Waals surface area contributed by atoms with E-state index in [-0.39, 0.29) is 11.3 Å². The lowest BCUT2D eigenvalue weighted by atomic mass is 10.2. The third-order valence-electron chi connectivity index (χ3n) is 2.22. The van der Waals surface area contributed by atoms with E-state index in [1.807, 2.05) is 30.3 Å². The highest BCUT2D eigenvalue weighted by molar-refractivity contribution is 5.38. The van der Waals surface area contributed by atoms with E-state index in [2.05, 4.69) is 0 Å². The number of ether oxygens (including phenoxy) is 1. The van der Waals surface area contributed by atoms with Gasteiger partial charge in [-0.3, -0.25) is 0 Å². The molecule has 0 amide bonds. The number of hydrogen-bond acceptors (Lipinski definition) is 2. The van der Waals surface area contributed by atoms with Gasteiger partial charge in [-0.2, -0.15) is 0 Å². The monoisotopic (exact) mass is 217 g/mol. The molecule has 2 heteroatoms. The van der Waals surface area contributed by atoms with Crippen molar-refractivity contribution in [1.82, 2.24) is 0 Å². The lowest BCUT2D eigenvalue weighted by Crippen LogP contribution is -1.94. The Bertz CT molecular complexity index is 550. The minimum absolute atomic E-state index is 0.0990. The molecule has 0 aliphatic heterocycles. The number of phenols is 1. The van der Waals surface area contributed by atoms with Crippen LogP contribution in [0, 0.1) is 6.85 Å². The molecule has 2 rings (SSSR count). The second-order valence-electron chi connectivity index (χ2n) is 3.45. The maximum absolute atomic E-state index is 9.54. The first-order chi connectivity index (χ1) is 8.97. The minimum Gasteiger partial charge on any atom is -0.508 e. The number of rotatable bonds is 3. The second-order valence-corrected chi connectivity index (χ2v) is 3.45. The summed E-state index contributed by atoms with van der Waals surface area (Å²) in [5.74, 6) is 0.180. The standard InChI is InChI=1S/C14H14O2/c1-11-9-13(7-8-14(11)15)16-10-12-5-3-2-4-6-12/h2-9,15H,10H2,1H3/i1D3. The van der Waals surface area contributed by atoms with Crippen LogP contribution < -0.4 is 4.74 Å². The SMILES string of the molecule is [2H]C([2H])([2H])c1cc(OCc2ccccc2)ccc1O. The number of benzene rings is 2. The molecule has 0 unspecified atom stereocenters. The maximum Gasteiger partial charge on any atom is 0.120 e. The van der Waals surface area contributed by atoms with Gasteiger partial charge in [0.05, 0.1) is 0 Å². The highest BCUT2D eigenvalue weighted by Gasteiger charge is 1.99. The molecule has 0 aliphatic rings. The third kappa shape index (κ3) is 2.54. The van der Waals surface area contributed by atoms with Crippen molar-refractivity contribution in [3.8, 4) is 11.5 Å². The van der Waals surface area contributed by atoms with E-state index in [1.54, 1.807) is 6.07 Å². The molecule has 2 aromatic rings. The van der Waals surface area contributed by atoms with Gasteiger partial charge >= 0.3 is 0 Å². The molecule has 0 atom stereocenters. The van der Waals surface area contributed by atoms with E-state index >= 15 is 0 Å². The molecule has 16 heavy (non-hydrogen) atoms.